The number of aliphatic imine (C=N–C) groups is 1. The molecule has 0 bridgehead atoms. The third-order valence-corrected chi connectivity index (χ3v) is 4.19. The predicted molar refractivity (Wildman–Crippen MR) is 101 cm³/mol. The van der Waals surface area contributed by atoms with Gasteiger partial charge in [0.25, 0.3) is 0 Å². The summed E-state index contributed by atoms with van der Waals surface area (Å²) in [6.45, 7) is 1.56. The molecular weight excluding hydrogens is 316 g/mol. The molecule has 1 aromatic rings. The fourth-order valence-corrected chi connectivity index (χ4v) is 2.69. The van der Waals surface area contributed by atoms with Crippen molar-refractivity contribution in [2.45, 2.75) is 38.1 Å². The molecule has 1 saturated carbocycles. The second-order valence-corrected chi connectivity index (χ2v) is 6.52. The Bertz CT molecular complexity index is 540. The number of para-hydroxylation sites is 1. The number of carbonyl (C=O) groups excluding carboxylic acids is 1. The largest absolute Gasteiger partial charge is 0.494 e. The normalized spacial score (nSPS) is 15.0. The number of likely N-dealkylation sites (N-methyl/N-ethyl adjacent to an activating group) is 1. The quantitative estimate of drug-likeness (QED) is 0.429. The van der Waals surface area contributed by atoms with Gasteiger partial charge in [0, 0.05) is 26.7 Å². The smallest absolute Gasteiger partial charge is 0.243 e. The van der Waals surface area contributed by atoms with E-state index in [2.05, 4.69) is 15.6 Å². The molecule has 0 radical (unpaired) electrons. The highest BCUT2D eigenvalue weighted by Gasteiger charge is 2.16. The number of rotatable bonds is 8. The Labute approximate surface area is 150 Å². The average molecular weight is 346 g/mol. The van der Waals surface area contributed by atoms with Gasteiger partial charge < -0.3 is 20.3 Å². The van der Waals surface area contributed by atoms with E-state index < -0.39 is 0 Å². The molecular formula is C19H30N4O2. The predicted octanol–water partition coefficient (Wildman–Crippen LogP) is 2.02. The summed E-state index contributed by atoms with van der Waals surface area (Å²) >= 11 is 0. The summed E-state index contributed by atoms with van der Waals surface area (Å²) in [4.78, 5) is 17.7. The second-order valence-electron chi connectivity index (χ2n) is 6.52. The molecule has 6 nitrogen and oxygen atoms in total. The van der Waals surface area contributed by atoms with Crippen LogP contribution in [0, 0.1) is 0 Å². The molecule has 138 valence electrons. The first kappa shape index (κ1) is 19.1. The molecule has 0 aliphatic heterocycles. The van der Waals surface area contributed by atoms with Gasteiger partial charge in [-0.15, -0.1) is 0 Å². The number of benzene rings is 1. The standard InChI is InChI=1S/C19H30N4O2/c1-23(2)18(24)15-21-19(22-16-9-6-7-10-16)20-13-8-14-25-17-11-4-3-5-12-17/h3-5,11-12,16H,6-10,13-15H2,1-2H3,(H2,20,21,22). The van der Waals surface area contributed by atoms with Gasteiger partial charge in [-0.3, -0.25) is 4.79 Å². The van der Waals surface area contributed by atoms with Gasteiger partial charge in [0.2, 0.25) is 5.91 Å². The zero-order chi connectivity index (χ0) is 17.9. The van der Waals surface area contributed by atoms with Crippen molar-refractivity contribution in [2.24, 2.45) is 4.99 Å². The van der Waals surface area contributed by atoms with Crippen molar-refractivity contribution in [3.8, 4) is 5.75 Å². The molecule has 1 fully saturated rings. The number of hydrogen-bond donors (Lipinski definition) is 2. The van der Waals surface area contributed by atoms with E-state index in [1.165, 1.54) is 25.7 Å². The molecule has 0 unspecified atom stereocenters. The maximum Gasteiger partial charge on any atom is 0.243 e. The zero-order valence-corrected chi connectivity index (χ0v) is 15.3. The van der Waals surface area contributed by atoms with Crippen LogP contribution in [0.1, 0.15) is 32.1 Å². The SMILES string of the molecule is CN(C)C(=O)CN=C(NCCCOc1ccccc1)NC1CCCC1. The van der Waals surface area contributed by atoms with E-state index in [0.29, 0.717) is 12.6 Å². The van der Waals surface area contributed by atoms with Crippen LogP contribution >= 0.6 is 0 Å². The van der Waals surface area contributed by atoms with Gasteiger partial charge >= 0.3 is 0 Å². The van der Waals surface area contributed by atoms with Crippen molar-refractivity contribution in [1.29, 1.82) is 0 Å². The molecule has 25 heavy (non-hydrogen) atoms. The number of ether oxygens (including phenoxy) is 1. The number of hydrogen-bond acceptors (Lipinski definition) is 3. The minimum atomic E-state index is -0.0000622. The van der Waals surface area contributed by atoms with Gasteiger partial charge in [0.15, 0.2) is 5.96 Å². The van der Waals surface area contributed by atoms with Gasteiger partial charge in [0.1, 0.15) is 12.3 Å². The third kappa shape index (κ3) is 7.45. The van der Waals surface area contributed by atoms with Crippen LogP contribution in [0.2, 0.25) is 0 Å². The average Bonchev–Trinajstić information content (AvgIpc) is 3.12. The topological polar surface area (TPSA) is 66.0 Å². The first-order valence-electron chi connectivity index (χ1n) is 9.08. The number of amides is 1. The van der Waals surface area contributed by atoms with E-state index in [1.807, 2.05) is 30.3 Å². The lowest BCUT2D eigenvalue weighted by molar-refractivity contribution is -0.127. The minimum absolute atomic E-state index is 0.0000622. The number of carbonyl (C=O) groups is 1. The maximum atomic E-state index is 11.8. The first-order chi connectivity index (χ1) is 12.1. The van der Waals surface area contributed by atoms with E-state index in [0.717, 1.165) is 24.7 Å². The Morgan fingerprint density at radius 3 is 2.64 bits per heavy atom. The summed E-state index contributed by atoms with van der Waals surface area (Å²) in [7, 11) is 3.49. The molecule has 1 aromatic carbocycles. The number of guanidine groups is 1. The van der Waals surface area contributed by atoms with Crippen LogP contribution in [0.15, 0.2) is 35.3 Å². The molecule has 1 aliphatic rings. The van der Waals surface area contributed by atoms with Crippen LogP contribution in [0.4, 0.5) is 0 Å². The molecule has 1 amide bonds. The van der Waals surface area contributed by atoms with Gasteiger partial charge in [-0.2, -0.15) is 0 Å². The Kier molecular flexibility index (Phi) is 8.09. The van der Waals surface area contributed by atoms with E-state index in [4.69, 9.17) is 4.74 Å². The van der Waals surface area contributed by atoms with Crippen LogP contribution < -0.4 is 15.4 Å². The molecule has 2 N–H and O–H groups in total. The molecule has 6 heteroatoms. The highest BCUT2D eigenvalue weighted by molar-refractivity contribution is 5.84. The van der Waals surface area contributed by atoms with Crippen LogP contribution in [0.5, 0.6) is 5.75 Å². The minimum Gasteiger partial charge on any atom is -0.494 e. The van der Waals surface area contributed by atoms with Gasteiger partial charge in [-0.1, -0.05) is 31.0 Å². The lowest BCUT2D eigenvalue weighted by atomic mass is 10.2. The molecule has 0 spiro atoms. The molecule has 2 rings (SSSR count). The van der Waals surface area contributed by atoms with Crippen LogP contribution in [0.25, 0.3) is 0 Å². The second kappa shape index (κ2) is 10.6. The van der Waals surface area contributed by atoms with E-state index >= 15 is 0 Å². The molecule has 1 aliphatic carbocycles. The van der Waals surface area contributed by atoms with Gasteiger partial charge in [0.05, 0.1) is 6.61 Å². The van der Waals surface area contributed by atoms with Crippen molar-refractivity contribution in [3.05, 3.63) is 30.3 Å². The number of nitrogens with zero attached hydrogens (tertiary/aromatic N) is 2. The van der Waals surface area contributed by atoms with E-state index in [-0.39, 0.29) is 12.5 Å². The molecule has 0 heterocycles. The Balaban J connectivity index is 1.74. The van der Waals surface area contributed by atoms with E-state index in [1.54, 1.807) is 19.0 Å². The Morgan fingerprint density at radius 2 is 1.96 bits per heavy atom. The van der Waals surface area contributed by atoms with Crippen LogP contribution in [-0.2, 0) is 4.79 Å². The summed E-state index contributed by atoms with van der Waals surface area (Å²) in [5.74, 6) is 1.61. The zero-order valence-electron chi connectivity index (χ0n) is 15.3. The molecule has 0 saturated heterocycles. The summed E-state index contributed by atoms with van der Waals surface area (Å²) in [5.41, 5.74) is 0. The lowest BCUT2D eigenvalue weighted by Gasteiger charge is -2.18. The van der Waals surface area contributed by atoms with Crippen molar-refractivity contribution in [1.82, 2.24) is 15.5 Å². The van der Waals surface area contributed by atoms with Crippen molar-refractivity contribution >= 4 is 11.9 Å². The van der Waals surface area contributed by atoms with Crippen molar-refractivity contribution < 1.29 is 9.53 Å². The molecule has 0 aromatic heterocycles. The highest BCUT2D eigenvalue weighted by atomic mass is 16.5. The van der Waals surface area contributed by atoms with Gasteiger partial charge in [-0.05, 0) is 31.4 Å². The number of nitrogens with one attached hydrogen (secondary N) is 2. The third-order valence-electron chi connectivity index (χ3n) is 4.19. The van der Waals surface area contributed by atoms with Crippen LogP contribution in [0.3, 0.4) is 0 Å². The Morgan fingerprint density at radius 1 is 1.24 bits per heavy atom. The maximum absolute atomic E-state index is 11.8. The van der Waals surface area contributed by atoms with Crippen LogP contribution in [-0.4, -0.2) is 56.6 Å². The summed E-state index contributed by atoms with van der Waals surface area (Å²) in [6.07, 6.45) is 5.71. The van der Waals surface area contributed by atoms with Crippen molar-refractivity contribution in [3.63, 3.8) is 0 Å². The highest BCUT2D eigenvalue weighted by Crippen LogP contribution is 2.17. The van der Waals surface area contributed by atoms with Gasteiger partial charge in [-0.25, -0.2) is 4.99 Å². The summed E-state index contributed by atoms with van der Waals surface area (Å²) < 4.78 is 5.69. The fourth-order valence-electron chi connectivity index (χ4n) is 2.69. The lowest BCUT2D eigenvalue weighted by Crippen LogP contribution is -2.43. The van der Waals surface area contributed by atoms with E-state index in [9.17, 15) is 4.79 Å². The molecule has 0 atom stereocenters. The van der Waals surface area contributed by atoms with Crippen molar-refractivity contribution in [2.75, 3.05) is 33.8 Å². The Hall–Kier alpha value is -2.24. The summed E-state index contributed by atoms with van der Waals surface area (Å²) in [5, 5.41) is 6.76. The first-order valence-corrected chi connectivity index (χ1v) is 9.08. The monoisotopic (exact) mass is 346 g/mol. The fraction of sp³-hybridized carbons (Fsp3) is 0.579. The summed E-state index contributed by atoms with van der Waals surface area (Å²) in [6, 6.07) is 10.3.